The SMILES string of the molecule is CCNC(C)CC(=O)NCC1(C)CCCC1. The number of amides is 1. The Morgan fingerprint density at radius 1 is 1.38 bits per heavy atom. The number of nitrogens with one attached hydrogen (secondary N) is 2. The maximum absolute atomic E-state index is 11.7. The van der Waals surface area contributed by atoms with Crippen molar-refractivity contribution in [1.82, 2.24) is 10.6 Å². The van der Waals surface area contributed by atoms with Gasteiger partial charge in [-0.05, 0) is 31.7 Å². The molecule has 1 unspecified atom stereocenters. The zero-order valence-corrected chi connectivity index (χ0v) is 10.9. The summed E-state index contributed by atoms with van der Waals surface area (Å²) in [6.07, 6.45) is 5.75. The topological polar surface area (TPSA) is 41.1 Å². The summed E-state index contributed by atoms with van der Waals surface area (Å²) < 4.78 is 0. The molecule has 0 heterocycles. The van der Waals surface area contributed by atoms with Crippen molar-refractivity contribution in [2.75, 3.05) is 13.1 Å². The standard InChI is InChI=1S/C13H26N2O/c1-4-14-11(2)9-12(16)15-10-13(3)7-5-6-8-13/h11,14H,4-10H2,1-3H3,(H,15,16). The predicted molar refractivity (Wildman–Crippen MR) is 67.3 cm³/mol. The minimum atomic E-state index is 0.182. The van der Waals surface area contributed by atoms with Crippen LogP contribution in [0.3, 0.4) is 0 Å². The van der Waals surface area contributed by atoms with E-state index in [0.29, 0.717) is 11.8 Å². The molecule has 94 valence electrons. The Morgan fingerprint density at radius 3 is 2.56 bits per heavy atom. The van der Waals surface area contributed by atoms with Crippen molar-refractivity contribution in [3.63, 3.8) is 0 Å². The molecule has 0 spiro atoms. The molecule has 1 saturated carbocycles. The zero-order valence-electron chi connectivity index (χ0n) is 10.9. The van der Waals surface area contributed by atoms with E-state index in [0.717, 1.165) is 13.1 Å². The van der Waals surface area contributed by atoms with E-state index in [9.17, 15) is 4.79 Å². The first-order chi connectivity index (χ1) is 7.56. The van der Waals surface area contributed by atoms with E-state index in [4.69, 9.17) is 0 Å². The number of carbonyl (C=O) groups is 1. The molecule has 1 aliphatic rings. The van der Waals surface area contributed by atoms with Crippen LogP contribution >= 0.6 is 0 Å². The molecule has 0 aromatic rings. The van der Waals surface area contributed by atoms with Crippen LogP contribution in [0.25, 0.3) is 0 Å². The highest BCUT2D eigenvalue weighted by Gasteiger charge is 2.28. The first-order valence-electron chi connectivity index (χ1n) is 6.56. The summed E-state index contributed by atoms with van der Waals surface area (Å²) in [5.41, 5.74) is 0.358. The molecular formula is C13H26N2O. The number of hydrogen-bond acceptors (Lipinski definition) is 2. The minimum absolute atomic E-state index is 0.182. The molecule has 3 nitrogen and oxygen atoms in total. The monoisotopic (exact) mass is 226 g/mol. The van der Waals surface area contributed by atoms with Crippen LogP contribution in [0.15, 0.2) is 0 Å². The Bertz CT molecular complexity index is 222. The molecule has 0 aromatic heterocycles. The van der Waals surface area contributed by atoms with Gasteiger partial charge in [0.2, 0.25) is 5.91 Å². The Labute approximate surface area is 99.4 Å². The molecule has 1 amide bonds. The zero-order chi connectivity index (χ0) is 12.0. The quantitative estimate of drug-likeness (QED) is 0.728. The smallest absolute Gasteiger partial charge is 0.221 e. The summed E-state index contributed by atoms with van der Waals surface area (Å²) in [5.74, 6) is 0.182. The van der Waals surface area contributed by atoms with Crippen LogP contribution in [0, 0.1) is 5.41 Å². The van der Waals surface area contributed by atoms with Gasteiger partial charge in [-0.2, -0.15) is 0 Å². The predicted octanol–water partition coefficient (Wildman–Crippen LogP) is 2.07. The van der Waals surface area contributed by atoms with E-state index in [1.54, 1.807) is 0 Å². The third-order valence-electron chi connectivity index (χ3n) is 3.57. The maximum atomic E-state index is 11.7. The Kier molecular flexibility index (Phi) is 5.26. The summed E-state index contributed by atoms with van der Waals surface area (Å²) in [6.45, 7) is 8.18. The highest BCUT2D eigenvalue weighted by atomic mass is 16.1. The second-order valence-electron chi connectivity index (χ2n) is 5.46. The summed E-state index contributed by atoms with van der Waals surface area (Å²) in [4.78, 5) is 11.7. The minimum Gasteiger partial charge on any atom is -0.356 e. The molecule has 16 heavy (non-hydrogen) atoms. The molecule has 0 aliphatic heterocycles. The molecule has 3 heteroatoms. The average molecular weight is 226 g/mol. The van der Waals surface area contributed by atoms with Crippen molar-refractivity contribution in [1.29, 1.82) is 0 Å². The summed E-state index contributed by atoms with van der Waals surface area (Å²) in [5, 5.41) is 6.33. The van der Waals surface area contributed by atoms with Gasteiger partial charge in [-0.15, -0.1) is 0 Å². The molecule has 2 N–H and O–H groups in total. The fourth-order valence-corrected chi connectivity index (χ4v) is 2.49. The van der Waals surface area contributed by atoms with Crippen molar-refractivity contribution in [2.45, 2.75) is 58.9 Å². The Morgan fingerprint density at radius 2 is 2.00 bits per heavy atom. The van der Waals surface area contributed by atoms with Gasteiger partial charge in [0.05, 0.1) is 0 Å². The van der Waals surface area contributed by atoms with Crippen molar-refractivity contribution >= 4 is 5.91 Å². The highest BCUT2D eigenvalue weighted by Crippen LogP contribution is 2.36. The summed E-state index contributed by atoms with van der Waals surface area (Å²) in [6, 6.07) is 0.279. The van der Waals surface area contributed by atoms with E-state index in [1.807, 2.05) is 0 Å². The van der Waals surface area contributed by atoms with Gasteiger partial charge in [-0.25, -0.2) is 0 Å². The van der Waals surface area contributed by atoms with Crippen LogP contribution < -0.4 is 10.6 Å². The van der Waals surface area contributed by atoms with E-state index < -0.39 is 0 Å². The Hall–Kier alpha value is -0.570. The maximum Gasteiger partial charge on any atom is 0.221 e. The second-order valence-corrected chi connectivity index (χ2v) is 5.46. The number of rotatable bonds is 6. The van der Waals surface area contributed by atoms with E-state index in [1.165, 1.54) is 25.7 Å². The van der Waals surface area contributed by atoms with Gasteiger partial charge in [0, 0.05) is 19.0 Å². The van der Waals surface area contributed by atoms with Crippen LogP contribution in [-0.2, 0) is 4.79 Å². The first-order valence-corrected chi connectivity index (χ1v) is 6.56. The number of carbonyl (C=O) groups excluding carboxylic acids is 1. The molecule has 0 aromatic carbocycles. The molecule has 1 atom stereocenters. The van der Waals surface area contributed by atoms with Crippen LogP contribution in [0.4, 0.5) is 0 Å². The third-order valence-corrected chi connectivity index (χ3v) is 3.57. The van der Waals surface area contributed by atoms with Gasteiger partial charge in [0.1, 0.15) is 0 Å². The lowest BCUT2D eigenvalue weighted by atomic mass is 9.89. The molecule has 1 rings (SSSR count). The van der Waals surface area contributed by atoms with Crippen molar-refractivity contribution in [3.8, 4) is 0 Å². The second kappa shape index (κ2) is 6.24. The lowest BCUT2D eigenvalue weighted by Crippen LogP contribution is -2.38. The molecule has 0 bridgehead atoms. The van der Waals surface area contributed by atoms with E-state index in [2.05, 4.69) is 31.4 Å². The van der Waals surface area contributed by atoms with Crippen molar-refractivity contribution in [3.05, 3.63) is 0 Å². The molecule has 0 saturated heterocycles. The van der Waals surface area contributed by atoms with Crippen molar-refractivity contribution < 1.29 is 4.79 Å². The van der Waals surface area contributed by atoms with Crippen molar-refractivity contribution in [2.24, 2.45) is 5.41 Å². The van der Waals surface area contributed by atoms with Gasteiger partial charge in [0.25, 0.3) is 0 Å². The molecule has 1 aliphatic carbocycles. The normalized spacial score (nSPS) is 20.7. The average Bonchev–Trinajstić information content (AvgIpc) is 2.63. The van der Waals surface area contributed by atoms with E-state index in [-0.39, 0.29) is 11.9 Å². The largest absolute Gasteiger partial charge is 0.356 e. The van der Waals surface area contributed by atoms with Crippen LogP contribution in [-0.4, -0.2) is 25.0 Å². The molecular weight excluding hydrogens is 200 g/mol. The van der Waals surface area contributed by atoms with Crippen LogP contribution in [0.2, 0.25) is 0 Å². The fraction of sp³-hybridized carbons (Fsp3) is 0.923. The van der Waals surface area contributed by atoms with Gasteiger partial charge in [-0.1, -0.05) is 26.7 Å². The lowest BCUT2D eigenvalue weighted by molar-refractivity contribution is -0.122. The first kappa shape index (κ1) is 13.5. The summed E-state index contributed by atoms with van der Waals surface area (Å²) in [7, 11) is 0. The molecule has 0 radical (unpaired) electrons. The summed E-state index contributed by atoms with van der Waals surface area (Å²) >= 11 is 0. The van der Waals surface area contributed by atoms with Gasteiger partial charge < -0.3 is 10.6 Å². The van der Waals surface area contributed by atoms with Crippen LogP contribution in [0.5, 0.6) is 0 Å². The van der Waals surface area contributed by atoms with E-state index >= 15 is 0 Å². The lowest BCUT2D eigenvalue weighted by Gasteiger charge is -2.24. The highest BCUT2D eigenvalue weighted by molar-refractivity contribution is 5.76. The third kappa shape index (κ3) is 4.52. The molecule has 1 fully saturated rings. The number of hydrogen-bond donors (Lipinski definition) is 2. The van der Waals surface area contributed by atoms with Gasteiger partial charge in [0.15, 0.2) is 0 Å². The van der Waals surface area contributed by atoms with Crippen LogP contribution in [0.1, 0.15) is 52.9 Å². The van der Waals surface area contributed by atoms with Gasteiger partial charge >= 0.3 is 0 Å². The fourth-order valence-electron chi connectivity index (χ4n) is 2.49. The Balaban J connectivity index is 2.19. The van der Waals surface area contributed by atoms with Gasteiger partial charge in [-0.3, -0.25) is 4.79 Å².